The van der Waals surface area contributed by atoms with Crippen LogP contribution in [0, 0.1) is 28.6 Å². The molecule has 0 spiro atoms. The Morgan fingerprint density at radius 3 is 2.32 bits per heavy atom. The van der Waals surface area contributed by atoms with Crippen molar-refractivity contribution in [2.45, 2.75) is 104 Å². The van der Waals surface area contributed by atoms with Crippen LogP contribution in [0.25, 0.3) is 0 Å². The molecule has 2 aliphatic carbocycles. The SMILES string of the molecule is [2H]C([2H])([2H])C1(C([2H])([2H])[2H])[C@@H]2[C@@H](C(=O)N[C@@H](CC3([2H])C([2H])([2H])C([2H])([2H])C3([2H])[2H])C(=O)C(N)=O)N(C(=O)[C@@H](NC(=O)NC(C([2H])([2H])[2H])(C([2H])([2H])[2H])C([2H])([2H])[2H])C(C)(C)C)C[C@@H]21. The summed E-state index contributed by atoms with van der Waals surface area (Å²) in [6.07, 6.45) is -11.6. The van der Waals surface area contributed by atoms with E-state index < -0.39 is 148 Å². The molecule has 208 valence electrons. The number of carbonyl (C=O) groups excluding carboxylic acids is 5. The van der Waals surface area contributed by atoms with Crippen molar-refractivity contribution in [3.05, 3.63) is 0 Å². The third-order valence-electron chi connectivity index (χ3n) is 6.46. The molecule has 3 fully saturated rings. The molecule has 5 N–H and O–H groups in total. The highest BCUT2D eigenvalue weighted by Gasteiger charge is 2.70. The summed E-state index contributed by atoms with van der Waals surface area (Å²) < 4.78 is 176. The summed E-state index contributed by atoms with van der Waals surface area (Å²) >= 11 is 0. The van der Waals surface area contributed by atoms with Gasteiger partial charge >= 0.3 is 6.03 Å². The van der Waals surface area contributed by atoms with E-state index in [0.717, 1.165) is 0 Å². The summed E-state index contributed by atoms with van der Waals surface area (Å²) in [4.78, 5) is 68.1. The third-order valence-corrected chi connectivity index (χ3v) is 6.46. The van der Waals surface area contributed by atoms with Gasteiger partial charge in [-0.25, -0.2) is 4.79 Å². The quantitative estimate of drug-likeness (QED) is 0.345. The van der Waals surface area contributed by atoms with Crippen LogP contribution >= 0.6 is 0 Å². The van der Waals surface area contributed by atoms with Crippen LogP contribution in [-0.4, -0.2) is 64.6 Å². The fourth-order valence-electron chi connectivity index (χ4n) is 4.51. The van der Waals surface area contributed by atoms with Crippen LogP contribution in [0.2, 0.25) is 0 Å². The average molecular weight is 542 g/mol. The van der Waals surface area contributed by atoms with Crippen molar-refractivity contribution < 1.29 is 54.1 Å². The molecule has 1 saturated heterocycles. The van der Waals surface area contributed by atoms with E-state index in [4.69, 9.17) is 35.9 Å². The minimum Gasteiger partial charge on any atom is -0.363 e. The second-order valence-corrected chi connectivity index (χ2v) is 10.4. The number of hydrogen-bond acceptors (Lipinski definition) is 5. The number of piperidine rings is 1. The molecule has 0 aromatic carbocycles. The smallest absolute Gasteiger partial charge is 0.315 e. The van der Waals surface area contributed by atoms with E-state index >= 15 is 0 Å². The number of rotatable bonds is 8. The van der Waals surface area contributed by atoms with Gasteiger partial charge in [0.25, 0.3) is 5.91 Å². The van der Waals surface area contributed by atoms with E-state index in [9.17, 15) is 24.0 Å². The zero-order valence-corrected chi connectivity index (χ0v) is 20.4. The lowest BCUT2D eigenvalue weighted by molar-refractivity contribution is -0.145. The number of carbonyl (C=O) groups is 5. The van der Waals surface area contributed by atoms with Crippen LogP contribution in [0.4, 0.5) is 4.79 Å². The molecule has 5 atom stereocenters. The predicted molar refractivity (Wildman–Crippen MR) is 139 cm³/mol. The van der Waals surface area contributed by atoms with Crippen LogP contribution in [0.5, 0.6) is 0 Å². The minimum absolute atomic E-state index is 0.573. The summed E-state index contributed by atoms with van der Waals surface area (Å²) in [5.41, 5.74) is -3.05. The third kappa shape index (κ3) is 6.26. The highest BCUT2D eigenvalue weighted by Crippen LogP contribution is 2.65. The van der Waals surface area contributed by atoms with Gasteiger partial charge < -0.3 is 26.6 Å². The van der Waals surface area contributed by atoms with Gasteiger partial charge in [-0.2, -0.15) is 0 Å². The molecule has 1 aliphatic heterocycles. The normalized spacial score (nSPS) is 41.7. The second kappa shape index (κ2) is 9.91. The Bertz CT molecular complexity index is 1680. The van der Waals surface area contributed by atoms with Crippen LogP contribution in [0.3, 0.4) is 0 Å². The molecular formula is C27H45N5O5. The molecule has 0 radical (unpaired) electrons. The molecule has 5 amide bonds. The van der Waals surface area contributed by atoms with Crippen LogP contribution in [-0.2, 0) is 19.2 Å². The fourth-order valence-corrected chi connectivity index (χ4v) is 4.51. The number of primary amides is 1. The fraction of sp³-hybridized carbons (Fsp3) is 0.815. The Morgan fingerprint density at radius 1 is 1.14 bits per heavy atom. The number of nitrogens with one attached hydrogen (secondary N) is 3. The maximum atomic E-state index is 14.5. The molecule has 2 saturated carbocycles. The molecule has 0 aromatic heterocycles. The second-order valence-electron chi connectivity index (χ2n) is 10.4. The molecule has 1 heterocycles. The number of Topliss-reactive ketones (excluding diaryl/α,β-unsaturated/α-hetero) is 1. The Hall–Kier alpha value is -2.65. The van der Waals surface area contributed by atoms with E-state index in [1.807, 2.05) is 10.6 Å². The molecule has 0 bridgehead atoms. The van der Waals surface area contributed by atoms with Gasteiger partial charge in [-0.3, -0.25) is 19.2 Å². The number of nitrogens with two attached hydrogens (primary N) is 1. The van der Waals surface area contributed by atoms with Crippen LogP contribution < -0.4 is 21.7 Å². The zero-order valence-electron chi connectivity index (χ0n) is 42.4. The lowest BCUT2D eigenvalue weighted by Crippen LogP contribution is -2.62. The molecule has 0 unspecified atom stereocenters. The first-order valence-corrected chi connectivity index (χ1v) is 11.3. The summed E-state index contributed by atoms with van der Waals surface area (Å²) in [6.45, 7) is -15.6. The Labute approximate surface area is 251 Å². The van der Waals surface area contributed by atoms with Crippen LogP contribution in [0.1, 0.15) is 111 Å². The highest BCUT2D eigenvalue weighted by molar-refractivity contribution is 6.37. The van der Waals surface area contributed by atoms with Crippen molar-refractivity contribution in [3.63, 3.8) is 0 Å². The summed E-state index contributed by atoms with van der Waals surface area (Å²) in [6, 6.07) is -8.55. The number of hydrogen-bond donors (Lipinski definition) is 4. The maximum absolute atomic E-state index is 14.5. The van der Waals surface area contributed by atoms with Crippen LogP contribution in [0.15, 0.2) is 0 Å². The Kier molecular flexibility index (Phi) is 3.00. The summed E-state index contributed by atoms with van der Waals surface area (Å²) in [5.74, 6) is -13.2. The maximum Gasteiger partial charge on any atom is 0.315 e. The molecule has 37 heavy (non-hydrogen) atoms. The monoisotopic (exact) mass is 541 g/mol. The Balaban J connectivity index is 2.18. The summed E-state index contributed by atoms with van der Waals surface area (Å²) in [5, 5.41) is 5.43. The number of fused-ring (bicyclic) bond motifs is 1. The molecule has 0 aromatic rings. The number of nitrogens with zero attached hydrogens (tertiary/aromatic N) is 1. The van der Waals surface area contributed by atoms with Crippen molar-refractivity contribution in [3.8, 4) is 0 Å². The first-order chi connectivity index (χ1) is 25.7. The lowest BCUT2D eigenvalue weighted by atomic mass is 9.80. The zero-order chi connectivity index (χ0) is 46.9. The van der Waals surface area contributed by atoms with E-state index in [1.165, 1.54) is 26.1 Å². The first kappa shape index (κ1) is 11.2. The predicted octanol–water partition coefficient (Wildman–Crippen LogP) is 1.71. The number of ketones is 1. The van der Waals surface area contributed by atoms with Gasteiger partial charge in [0.15, 0.2) is 0 Å². The minimum atomic E-state index is -3.94. The number of urea groups is 1. The van der Waals surface area contributed by atoms with E-state index in [-0.39, 0.29) is 0 Å². The molecule has 3 rings (SSSR count). The van der Waals surface area contributed by atoms with Crippen molar-refractivity contribution in [2.24, 2.45) is 34.3 Å². The number of likely N-dealkylation sites (tertiary alicyclic amines) is 1. The van der Waals surface area contributed by atoms with Gasteiger partial charge in [0, 0.05) is 42.2 Å². The van der Waals surface area contributed by atoms with Crippen molar-refractivity contribution in [2.75, 3.05) is 6.54 Å². The number of amides is 5. The van der Waals surface area contributed by atoms with Gasteiger partial charge in [-0.05, 0) is 55.5 Å². The van der Waals surface area contributed by atoms with E-state index in [0.29, 0.717) is 4.90 Å². The lowest BCUT2D eigenvalue weighted by Gasteiger charge is -2.38. The topological polar surface area (TPSA) is 151 Å². The largest absolute Gasteiger partial charge is 0.363 e. The van der Waals surface area contributed by atoms with Gasteiger partial charge in [0.05, 0.1) is 6.04 Å². The van der Waals surface area contributed by atoms with Gasteiger partial charge in [-0.15, -0.1) is 0 Å². The Morgan fingerprint density at radius 2 is 1.78 bits per heavy atom. The van der Waals surface area contributed by atoms with Gasteiger partial charge in [0.2, 0.25) is 17.6 Å². The summed E-state index contributed by atoms with van der Waals surface area (Å²) in [7, 11) is 0. The first-order valence-electron chi connectivity index (χ1n) is 22.3. The average Bonchev–Trinajstić information content (AvgIpc) is 3.53. The van der Waals surface area contributed by atoms with Crippen molar-refractivity contribution in [1.29, 1.82) is 0 Å². The van der Waals surface area contributed by atoms with E-state index in [2.05, 4.69) is 0 Å². The van der Waals surface area contributed by atoms with Gasteiger partial charge in [0.1, 0.15) is 12.1 Å². The molecule has 10 nitrogen and oxygen atoms in total. The van der Waals surface area contributed by atoms with Crippen molar-refractivity contribution in [1.82, 2.24) is 20.9 Å². The molecule has 10 heteroatoms. The van der Waals surface area contributed by atoms with Crippen molar-refractivity contribution >= 4 is 29.5 Å². The highest BCUT2D eigenvalue weighted by atomic mass is 16.2. The van der Waals surface area contributed by atoms with Gasteiger partial charge in [-0.1, -0.05) is 53.6 Å². The molecular weight excluding hydrogens is 474 g/mol. The standard InChI is InChI=1S/C27H45N5O5/c1-25(2,3)20(30-24(37)31-26(4,5)6)23(36)32-13-15-17(27(15,7)8)18(32)22(35)29-16(19(33)21(28)34)12-14-10-9-11-14/h14-18,20H,9-13H2,1-8H3,(H2,28,34)(H,29,35)(H2,30,31,37)/t15-,16-,17-,18-,20+/m0/s1/i4D3,5D3,6D3,7D3,8D3,9D2,10D2,11D2,14D. The van der Waals surface area contributed by atoms with E-state index in [1.54, 1.807) is 0 Å². The molecule has 3 aliphatic rings.